The van der Waals surface area contributed by atoms with E-state index in [-0.39, 0.29) is 11.6 Å². The number of hydrogen-bond donors (Lipinski definition) is 1. The van der Waals surface area contributed by atoms with Crippen LogP contribution in [0, 0.1) is 9.49 Å². The van der Waals surface area contributed by atoms with E-state index < -0.39 is 0 Å². The fraction of sp³-hybridized carbons (Fsp3) is 0.647. The zero-order chi connectivity index (χ0) is 14.9. The first-order valence-corrected chi connectivity index (χ1v) is 9.40. The van der Waals surface area contributed by atoms with Gasteiger partial charge in [-0.25, -0.2) is 0 Å². The summed E-state index contributed by atoms with van der Waals surface area (Å²) in [5, 5.41) is 0.778. The molecule has 1 aliphatic heterocycles. The molecule has 1 aromatic rings. The highest BCUT2D eigenvalue weighted by Gasteiger charge is 2.40. The third-order valence-corrected chi connectivity index (χ3v) is 6.34. The minimum Gasteiger partial charge on any atom is -0.375 e. The van der Waals surface area contributed by atoms with Gasteiger partial charge in [-0.15, -0.1) is 0 Å². The predicted molar refractivity (Wildman–Crippen MR) is 95.6 cm³/mol. The summed E-state index contributed by atoms with van der Waals surface area (Å²) in [5.74, 6) is 0.504. The Kier molecular flexibility index (Phi) is 5.14. The quantitative estimate of drug-likeness (QED) is 0.679. The Bertz CT molecular complexity index is 496. The molecule has 0 bridgehead atoms. The number of nitrogens with two attached hydrogens (primary N) is 1. The van der Waals surface area contributed by atoms with Crippen LogP contribution in [0.3, 0.4) is 0 Å². The summed E-state index contributed by atoms with van der Waals surface area (Å²) in [6.45, 7) is 0.857. The third kappa shape index (κ3) is 3.57. The molecule has 2 aliphatic rings. The van der Waals surface area contributed by atoms with Gasteiger partial charge in [-0.1, -0.05) is 30.9 Å². The predicted octanol–water partition coefficient (Wildman–Crippen LogP) is 5.07. The van der Waals surface area contributed by atoms with Crippen LogP contribution in [0.2, 0.25) is 5.02 Å². The van der Waals surface area contributed by atoms with Crippen LogP contribution in [0.5, 0.6) is 0 Å². The molecule has 3 rings (SSSR count). The highest BCUT2D eigenvalue weighted by Crippen LogP contribution is 2.44. The molecule has 1 spiro atoms. The van der Waals surface area contributed by atoms with E-state index >= 15 is 0 Å². The SMILES string of the molecule is NC(c1cc(Cl)ccc1I)C1CCOC2(CCCCC2)C1. The summed E-state index contributed by atoms with van der Waals surface area (Å²) < 4.78 is 7.41. The molecule has 116 valence electrons. The monoisotopic (exact) mass is 419 g/mol. The smallest absolute Gasteiger partial charge is 0.0685 e. The zero-order valence-electron chi connectivity index (χ0n) is 12.3. The van der Waals surface area contributed by atoms with Gasteiger partial charge in [0.05, 0.1) is 5.60 Å². The zero-order valence-corrected chi connectivity index (χ0v) is 15.2. The van der Waals surface area contributed by atoms with E-state index in [2.05, 4.69) is 28.7 Å². The summed E-state index contributed by atoms with van der Waals surface area (Å²) in [4.78, 5) is 0. The average molecular weight is 420 g/mol. The Labute approximate surface area is 145 Å². The van der Waals surface area contributed by atoms with Crippen molar-refractivity contribution in [3.8, 4) is 0 Å². The molecule has 2 N–H and O–H groups in total. The largest absolute Gasteiger partial charge is 0.375 e. The van der Waals surface area contributed by atoms with Crippen LogP contribution in [-0.4, -0.2) is 12.2 Å². The molecule has 2 nitrogen and oxygen atoms in total. The third-order valence-electron chi connectivity index (χ3n) is 5.12. The Morgan fingerprint density at radius 1 is 1.29 bits per heavy atom. The molecule has 1 saturated carbocycles. The van der Waals surface area contributed by atoms with Gasteiger partial charge in [0.25, 0.3) is 0 Å². The van der Waals surface area contributed by atoms with Gasteiger partial charge in [-0.2, -0.15) is 0 Å². The van der Waals surface area contributed by atoms with Crippen molar-refractivity contribution < 1.29 is 4.74 Å². The van der Waals surface area contributed by atoms with Gasteiger partial charge in [-0.3, -0.25) is 0 Å². The lowest BCUT2D eigenvalue weighted by atomic mass is 9.73. The lowest BCUT2D eigenvalue weighted by Gasteiger charge is -2.45. The molecule has 21 heavy (non-hydrogen) atoms. The van der Waals surface area contributed by atoms with E-state index in [9.17, 15) is 0 Å². The minimum atomic E-state index is 0.0679. The van der Waals surface area contributed by atoms with Crippen LogP contribution in [0.4, 0.5) is 0 Å². The van der Waals surface area contributed by atoms with Crippen molar-refractivity contribution in [2.45, 2.75) is 56.6 Å². The molecule has 0 amide bonds. The number of rotatable bonds is 2. The number of hydrogen-bond acceptors (Lipinski definition) is 2. The molecule has 0 aromatic heterocycles. The minimum absolute atomic E-state index is 0.0679. The first-order valence-electron chi connectivity index (χ1n) is 7.94. The second-order valence-corrected chi connectivity index (χ2v) is 8.14. The molecule has 1 aliphatic carbocycles. The van der Waals surface area contributed by atoms with Crippen molar-refractivity contribution in [1.82, 2.24) is 0 Å². The molecule has 2 unspecified atom stereocenters. The van der Waals surface area contributed by atoms with Gasteiger partial charge in [-0.05, 0) is 78.0 Å². The molecule has 2 atom stereocenters. The van der Waals surface area contributed by atoms with Crippen molar-refractivity contribution in [3.05, 3.63) is 32.4 Å². The van der Waals surface area contributed by atoms with Crippen LogP contribution in [0.25, 0.3) is 0 Å². The van der Waals surface area contributed by atoms with Crippen LogP contribution in [0.15, 0.2) is 18.2 Å². The van der Waals surface area contributed by atoms with Gasteiger partial charge in [0, 0.05) is 21.2 Å². The molecule has 1 heterocycles. The average Bonchev–Trinajstić information content (AvgIpc) is 2.50. The molecular weight excluding hydrogens is 397 g/mol. The van der Waals surface area contributed by atoms with E-state index in [0.29, 0.717) is 5.92 Å². The highest BCUT2D eigenvalue weighted by atomic mass is 127. The maximum Gasteiger partial charge on any atom is 0.0685 e. The first-order chi connectivity index (χ1) is 10.1. The molecule has 2 fully saturated rings. The van der Waals surface area contributed by atoms with Crippen molar-refractivity contribution in [1.29, 1.82) is 0 Å². The fourth-order valence-electron chi connectivity index (χ4n) is 3.94. The first kappa shape index (κ1) is 16.0. The lowest BCUT2D eigenvalue weighted by molar-refractivity contribution is -0.120. The van der Waals surface area contributed by atoms with Gasteiger partial charge < -0.3 is 10.5 Å². The van der Waals surface area contributed by atoms with Gasteiger partial charge in [0.2, 0.25) is 0 Å². The number of halogens is 2. The number of ether oxygens (including phenoxy) is 1. The normalized spacial score (nSPS) is 26.7. The summed E-state index contributed by atoms with van der Waals surface area (Å²) in [6.07, 6.45) is 8.55. The second-order valence-electron chi connectivity index (χ2n) is 6.54. The lowest BCUT2D eigenvalue weighted by Crippen LogP contribution is -2.44. The molecule has 1 aromatic carbocycles. The summed E-state index contributed by atoms with van der Waals surface area (Å²) >= 11 is 8.52. The maximum absolute atomic E-state index is 6.61. The Balaban J connectivity index is 1.77. The van der Waals surface area contributed by atoms with E-state index in [4.69, 9.17) is 22.1 Å². The Morgan fingerprint density at radius 3 is 2.81 bits per heavy atom. The molecule has 1 saturated heterocycles. The molecule has 4 heteroatoms. The summed E-state index contributed by atoms with van der Waals surface area (Å²) in [5.41, 5.74) is 7.92. The Hall–Kier alpha value is 0.160. The van der Waals surface area contributed by atoms with Gasteiger partial charge in [0.1, 0.15) is 0 Å². The second kappa shape index (κ2) is 6.73. The van der Waals surface area contributed by atoms with Crippen LogP contribution in [0.1, 0.15) is 56.6 Å². The van der Waals surface area contributed by atoms with E-state index in [1.807, 2.05) is 12.1 Å². The van der Waals surface area contributed by atoms with Crippen LogP contribution in [-0.2, 0) is 4.74 Å². The van der Waals surface area contributed by atoms with Gasteiger partial charge >= 0.3 is 0 Å². The summed E-state index contributed by atoms with van der Waals surface area (Å²) in [6, 6.07) is 6.11. The van der Waals surface area contributed by atoms with E-state index in [1.54, 1.807) is 0 Å². The standard InChI is InChI=1S/C17H23ClINO/c18-13-4-5-15(19)14(10-13)16(20)12-6-9-21-17(11-12)7-2-1-3-8-17/h4-5,10,12,16H,1-3,6-9,11,20H2. The summed E-state index contributed by atoms with van der Waals surface area (Å²) in [7, 11) is 0. The van der Waals surface area contributed by atoms with Crippen molar-refractivity contribution in [2.75, 3.05) is 6.61 Å². The topological polar surface area (TPSA) is 35.2 Å². The van der Waals surface area contributed by atoms with E-state index in [1.165, 1.54) is 41.2 Å². The van der Waals surface area contributed by atoms with Crippen LogP contribution >= 0.6 is 34.2 Å². The fourth-order valence-corrected chi connectivity index (χ4v) is 4.82. The molecule has 0 radical (unpaired) electrons. The highest BCUT2D eigenvalue weighted by molar-refractivity contribution is 14.1. The maximum atomic E-state index is 6.61. The van der Waals surface area contributed by atoms with Crippen molar-refractivity contribution >= 4 is 34.2 Å². The Morgan fingerprint density at radius 2 is 2.05 bits per heavy atom. The van der Waals surface area contributed by atoms with E-state index in [0.717, 1.165) is 24.5 Å². The van der Waals surface area contributed by atoms with Crippen molar-refractivity contribution in [2.24, 2.45) is 11.7 Å². The number of benzene rings is 1. The van der Waals surface area contributed by atoms with Crippen molar-refractivity contribution in [3.63, 3.8) is 0 Å². The van der Waals surface area contributed by atoms with Crippen LogP contribution < -0.4 is 5.73 Å². The molecular formula is C17H23ClINO. The van der Waals surface area contributed by atoms with Gasteiger partial charge in [0.15, 0.2) is 0 Å².